The van der Waals surface area contributed by atoms with Gasteiger partial charge in [-0.15, -0.1) is 0 Å². The molecule has 1 amide bonds. The number of amides is 1. The van der Waals surface area contributed by atoms with Crippen LogP contribution in [0.3, 0.4) is 0 Å². The Labute approximate surface area is 123 Å². The molecule has 3 N–H and O–H groups in total. The number of thiocarbonyl (C=S) groups is 1. The molecule has 6 nitrogen and oxygen atoms in total. The van der Waals surface area contributed by atoms with Gasteiger partial charge in [-0.25, -0.2) is 0 Å². The number of anilines is 1. The van der Waals surface area contributed by atoms with Crippen LogP contribution in [0.15, 0.2) is 18.2 Å². The number of para-hydroxylation sites is 1. The fraction of sp³-hybridized carbons (Fsp3) is 0.385. The van der Waals surface area contributed by atoms with Crippen LogP contribution in [0, 0.1) is 0 Å². The molecular formula is C13H18N2O4S. The van der Waals surface area contributed by atoms with Gasteiger partial charge in [0.05, 0.1) is 26.0 Å². The number of nitrogens with two attached hydrogens (primary N) is 1. The van der Waals surface area contributed by atoms with E-state index in [2.05, 4.69) is 5.32 Å². The number of rotatable bonds is 8. The fourth-order valence-electron chi connectivity index (χ4n) is 1.52. The number of hydrogen-bond acceptors (Lipinski definition) is 5. The van der Waals surface area contributed by atoms with Crippen molar-refractivity contribution in [2.24, 2.45) is 5.73 Å². The van der Waals surface area contributed by atoms with E-state index in [1.54, 1.807) is 25.3 Å². The first-order valence-corrected chi connectivity index (χ1v) is 6.34. The first-order valence-electron chi connectivity index (χ1n) is 5.93. The third kappa shape index (κ3) is 4.76. The van der Waals surface area contributed by atoms with Crippen LogP contribution in [0.1, 0.15) is 5.56 Å². The van der Waals surface area contributed by atoms with Gasteiger partial charge >= 0.3 is 0 Å². The molecular weight excluding hydrogens is 280 g/mol. The summed E-state index contributed by atoms with van der Waals surface area (Å²) in [6, 6.07) is 5.17. The zero-order valence-electron chi connectivity index (χ0n) is 11.5. The van der Waals surface area contributed by atoms with Crippen molar-refractivity contribution in [3.05, 3.63) is 23.8 Å². The van der Waals surface area contributed by atoms with Gasteiger partial charge in [0.2, 0.25) is 5.91 Å². The highest BCUT2D eigenvalue weighted by molar-refractivity contribution is 7.80. The lowest BCUT2D eigenvalue weighted by Gasteiger charge is -2.14. The van der Waals surface area contributed by atoms with Gasteiger partial charge in [0, 0.05) is 12.7 Å². The summed E-state index contributed by atoms with van der Waals surface area (Å²) in [5.41, 5.74) is 6.62. The predicted octanol–water partition coefficient (Wildman–Crippen LogP) is 0.931. The smallest absolute Gasteiger partial charge is 0.250 e. The van der Waals surface area contributed by atoms with Crippen molar-refractivity contribution in [3.63, 3.8) is 0 Å². The van der Waals surface area contributed by atoms with E-state index in [0.717, 1.165) is 0 Å². The van der Waals surface area contributed by atoms with Crippen LogP contribution in [0.2, 0.25) is 0 Å². The molecule has 0 saturated heterocycles. The van der Waals surface area contributed by atoms with Gasteiger partial charge in [-0.1, -0.05) is 18.3 Å². The topological polar surface area (TPSA) is 82.8 Å². The molecule has 0 aliphatic heterocycles. The van der Waals surface area contributed by atoms with E-state index in [-0.39, 0.29) is 17.5 Å². The predicted molar refractivity (Wildman–Crippen MR) is 80.2 cm³/mol. The summed E-state index contributed by atoms with van der Waals surface area (Å²) in [6.45, 7) is 0.691. The number of benzene rings is 1. The highest BCUT2D eigenvalue weighted by Gasteiger charge is 2.14. The lowest BCUT2D eigenvalue weighted by Crippen LogP contribution is -2.22. The van der Waals surface area contributed by atoms with E-state index in [1.165, 1.54) is 7.11 Å². The second kappa shape index (κ2) is 8.47. The molecule has 0 aromatic heterocycles. The Bertz CT molecular complexity index is 479. The molecule has 1 rings (SSSR count). The Balaban J connectivity index is 2.74. The van der Waals surface area contributed by atoms with E-state index < -0.39 is 0 Å². The monoisotopic (exact) mass is 298 g/mol. The van der Waals surface area contributed by atoms with Crippen molar-refractivity contribution in [2.75, 3.05) is 39.4 Å². The van der Waals surface area contributed by atoms with Gasteiger partial charge in [0.25, 0.3) is 0 Å². The quantitative estimate of drug-likeness (QED) is 0.549. The number of ether oxygens (including phenoxy) is 3. The summed E-state index contributed by atoms with van der Waals surface area (Å²) in [6.07, 6.45) is 0. The van der Waals surface area contributed by atoms with Crippen molar-refractivity contribution < 1.29 is 19.0 Å². The molecule has 0 atom stereocenters. The van der Waals surface area contributed by atoms with Gasteiger partial charge in [0.1, 0.15) is 17.3 Å². The molecule has 0 aliphatic carbocycles. The van der Waals surface area contributed by atoms with Crippen LogP contribution in [0.25, 0.3) is 0 Å². The SMILES string of the molecule is COCCOCC(=O)Nc1c(OC)cccc1C(N)=S. The molecule has 0 fully saturated rings. The molecule has 1 aromatic rings. The molecule has 1 aromatic carbocycles. The van der Waals surface area contributed by atoms with E-state index in [1.807, 2.05) is 0 Å². The minimum atomic E-state index is -0.317. The lowest BCUT2D eigenvalue weighted by molar-refractivity contribution is -0.121. The maximum Gasteiger partial charge on any atom is 0.250 e. The Morgan fingerprint density at radius 1 is 1.35 bits per heavy atom. The molecule has 0 spiro atoms. The number of carbonyl (C=O) groups excluding carboxylic acids is 1. The van der Waals surface area contributed by atoms with Gasteiger partial charge in [-0.2, -0.15) is 0 Å². The Morgan fingerprint density at radius 2 is 2.10 bits per heavy atom. The van der Waals surface area contributed by atoms with E-state index in [0.29, 0.717) is 30.2 Å². The number of methoxy groups -OCH3 is 2. The molecule has 7 heteroatoms. The highest BCUT2D eigenvalue weighted by atomic mass is 32.1. The first kappa shape index (κ1) is 16.4. The molecule has 0 unspecified atom stereocenters. The summed E-state index contributed by atoms with van der Waals surface area (Å²) in [4.78, 5) is 12.0. The first-order chi connectivity index (χ1) is 9.60. The zero-order chi connectivity index (χ0) is 15.0. The third-order valence-electron chi connectivity index (χ3n) is 2.44. The highest BCUT2D eigenvalue weighted by Crippen LogP contribution is 2.28. The van der Waals surface area contributed by atoms with Crippen molar-refractivity contribution in [1.29, 1.82) is 0 Å². The maximum absolute atomic E-state index is 11.8. The van der Waals surface area contributed by atoms with E-state index in [4.69, 9.17) is 32.2 Å². The zero-order valence-corrected chi connectivity index (χ0v) is 12.3. The summed E-state index contributed by atoms with van der Waals surface area (Å²) < 4.78 is 15.1. The van der Waals surface area contributed by atoms with Crippen molar-refractivity contribution in [2.45, 2.75) is 0 Å². The molecule has 0 bridgehead atoms. The van der Waals surface area contributed by atoms with E-state index in [9.17, 15) is 4.79 Å². The second-order valence-corrected chi connectivity index (χ2v) is 4.28. The summed E-state index contributed by atoms with van der Waals surface area (Å²) in [5, 5.41) is 2.69. The van der Waals surface area contributed by atoms with Gasteiger partial charge in [-0.05, 0) is 12.1 Å². The summed E-state index contributed by atoms with van der Waals surface area (Å²) >= 11 is 4.96. The minimum absolute atomic E-state index is 0.0851. The average molecular weight is 298 g/mol. The van der Waals surface area contributed by atoms with Gasteiger partial charge in [-0.3, -0.25) is 4.79 Å². The van der Waals surface area contributed by atoms with Crippen LogP contribution >= 0.6 is 12.2 Å². The van der Waals surface area contributed by atoms with Crippen molar-refractivity contribution in [1.82, 2.24) is 0 Å². The molecule has 0 aliphatic rings. The van der Waals surface area contributed by atoms with Crippen LogP contribution < -0.4 is 15.8 Å². The molecule has 0 heterocycles. The second-order valence-electron chi connectivity index (χ2n) is 3.84. The van der Waals surface area contributed by atoms with Crippen LogP contribution in [-0.2, 0) is 14.3 Å². The summed E-state index contributed by atoms with van der Waals surface area (Å²) in [5.74, 6) is 0.170. The molecule has 110 valence electrons. The Hall–Kier alpha value is -1.70. The normalized spacial score (nSPS) is 10.1. The van der Waals surface area contributed by atoms with E-state index >= 15 is 0 Å². The number of hydrogen-bond donors (Lipinski definition) is 2. The molecule has 0 saturated carbocycles. The number of carbonyl (C=O) groups is 1. The van der Waals surface area contributed by atoms with Crippen molar-refractivity contribution in [3.8, 4) is 5.75 Å². The molecule has 0 radical (unpaired) electrons. The fourth-order valence-corrected chi connectivity index (χ4v) is 1.69. The van der Waals surface area contributed by atoms with Gasteiger partial charge < -0.3 is 25.3 Å². The number of nitrogens with one attached hydrogen (secondary N) is 1. The minimum Gasteiger partial charge on any atom is -0.495 e. The van der Waals surface area contributed by atoms with Crippen molar-refractivity contribution >= 4 is 28.8 Å². The largest absolute Gasteiger partial charge is 0.495 e. The third-order valence-corrected chi connectivity index (χ3v) is 2.66. The average Bonchev–Trinajstić information content (AvgIpc) is 2.43. The van der Waals surface area contributed by atoms with Crippen LogP contribution in [-0.4, -0.2) is 44.9 Å². The maximum atomic E-state index is 11.8. The van der Waals surface area contributed by atoms with Gasteiger partial charge in [0.15, 0.2) is 0 Å². The summed E-state index contributed by atoms with van der Waals surface area (Å²) in [7, 11) is 3.07. The Morgan fingerprint density at radius 3 is 2.70 bits per heavy atom. The molecule has 20 heavy (non-hydrogen) atoms. The standard InChI is InChI=1S/C13H18N2O4S/c1-17-6-7-19-8-11(16)15-12-9(13(14)20)4-3-5-10(12)18-2/h3-5H,6-8H2,1-2H3,(H2,14,20)(H,15,16). The van der Waals surface area contributed by atoms with Crippen LogP contribution in [0.4, 0.5) is 5.69 Å². The lowest BCUT2D eigenvalue weighted by atomic mass is 10.1. The van der Waals surface area contributed by atoms with Crippen LogP contribution in [0.5, 0.6) is 5.75 Å². The Kier molecular flexibility index (Phi) is 6.92.